The van der Waals surface area contributed by atoms with Crippen molar-refractivity contribution >= 4 is 27.9 Å². The molecule has 0 aromatic carbocycles. The Morgan fingerprint density at radius 3 is 2.88 bits per heavy atom. The number of halogens is 1. The monoisotopic (exact) mass is 285 g/mol. The van der Waals surface area contributed by atoms with Crippen LogP contribution in [0.5, 0.6) is 0 Å². The van der Waals surface area contributed by atoms with Crippen molar-refractivity contribution < 1.29 is 13.6 Å². The van der Waals surface area contributed by atoms with E-state index in [2.05, 4.69) is 31.4 Å². The third-order valence-electron chi connectivity index (χ3n) is 1.78. The number of nitrogens with zero attached hydrogens (tertiary/aromatic N) is 2. The van der Waals surface area contributed by atoms with Gasteiger partial charge in [-0.05, 0) is 28.1 Å². The Morgan fingerprint density at radius 1 is 1.44 bits per heavy atom. The van der Waals surface area contributed by atoms with Crippen molar-refractivity contribution in [2.24, 2.45) is 0 Å². The van der Waals surface area contributed by atoms with Gasteiger partial charge in [0.05, 0.1) is 0 Å². The van der Waals surface area contributed by atoms with E-state index in [4.69, 9.17) is 8.83 Å². The molecule has 0 unspecified atom stereocenters. The quantitative estimate of drug-likeness (QED) is 0.937. The van der Waals surface area contributed by atoms with E-state index in [1.54, 1.807) is 19.1 Å². The lowest BCUT2D eigenvalue weighted by atomic mass is 10.4. The first kappa shape index (κ1) is 10.9. The summed E-state index contributed by atoms with van der Waals surface area (Å²) in [6.07, 6.45) is 0.351. The highest BCUT2D eigenvalue weighted by Crippen LogP contribution is 2.24. The zero-order valence-electron chi connectivity index (χ0n) is 8.36. The van der Waals surface area contributed by atoms with Gasteiger partial charge < -0.3 is 8.83 Å². The minimum absolute atomic E-state index is 0.0642. The van der Waals surface area contributed by atoms with Gasteiger partial charge in [-0.3, -0.25) is 10.1 Å². The lowest BCUT2D eigenvalue weighted by molar-refractivity contribution is -0.116. The zero-order chi connectivity index (χ0) is 11.5. The molecule has 6 nitrogen and oxygen atoms in total. The first-order valence-corrected chi connectivity index (χ1v) is 5.37. The van der Waals surface area contributed by atoms with Crippen LogP contribution >= 0.6 is 15.9 Å². The van der Waals surface area contributed by atoms with Crippen LogP contribution in [0.3, 0.4) is 0 Å². The van der Waals surface area contributed by atoms with Gasteiger partial charge in [-0.15, -0.1) is 5.10 Å². The zero-order valence-corrected chi connectivity index (χ0v) is 9.94. The molecule has 0 saturated carbocycles. The number of carbonyl (C=O) groups is 1. The molecule has 1 N–H and O–H groups in total. The van der Waals surface area contributed by atoms with Crippen molar-refractivity contribution in [3.63, 3.8) is 0 Å². The summed E-state index contributed by atoms with van der Waals surface area (Å²) in [5, 5.41) is 9.86. The van der Waals surface area contributed by atoms with Gasteiger partial charge in [0, 0.05) is 6.42 Å². The standard InChI is InChI=1S/C9H8BrN3O3/c1-2-7(14)11-9-13-12-8(16-9)5-3-4-6(10)15-5/h3-4H,2H2,1H3,(H,11,13,14). The summed E-state index contributed by atoms with van der Waals surface area (Å²) >= 11 is 3.16. The Kier molecular flexibility index (Phi) is 3.04. The molecule has 2 aromatic rings. The number of carbonyl (C=O) groups excluding carboxylic acids is 1. The van der Waals surface area contributed by atoms with E-state index < -0.39 is 0 Å². The Bertz CT molecular complexity index is 506. The van der Waals surface area contributed by atoms with Crippen LogP contribution in [0.25, 0.3) is 11.7 Å². The molecular formula is C9H8BrN3O3. The highest BCUT2D eigenvalue weighted by atomic mass is 79.9. The fourth-order valence-corrected chi connectivity index (χ4v) is 1.32. The highest BCUT2D eigenvalue weighted by Gasteiger charge is 2.13. The average molecular weight is 286 g/mol. The van der Waals surface area contributed by atoms with Crippen LogP contribution in [0.2, 0.25) is 0 Å². The number of hydrogen-bond donors (Lipinski definition) is 1. The number of rotatable bonds is 3. The molecule has 2 aromatic heterocycles. The van der Waals surface area contributed by atoms with Gasteiger partial charge in [0.1, 0.15) is 0 Å². The highest BCUT2D eigenvalue weighted by molar-refractivity contribution is 9.10. The molecular weight excluding hydrogens is 278 g/mol. The Hall–Kier alpha value is -1.63. The molecule has 84 valence electrons. The van der Waals surface area contributed by atoms with Crippen LogP contribution in [0.1, 0.15) is 13.3 Å². The molecule has 16 heavy (non-hydrogen) atoms. The maximum atomic E-state index is 11.1. The first-order valence-electron chi connectivity index (χ1n) is 4.58. The molecule has 0 aliphatic heterocycles. The smallest absolute Gasteiger partial charge is 0.322 e. The molecule has 2 heterocycles. The van der Waals surface area contributed by atoms with Crippen LogP contribution in [0, 0.1) is 0 Å². The van der Waals surface area contributed by atoms with E-state index in [9.17, 15) is 4.79 Å². The van der Waals surface area contributed by atoms with E-state index >= 15 is 0 Å². The van der Waals surface area contributed by atoms with Crippen LogP contribution in [-0.4, -0.2) is 16.1 Å². The summed E-state index contributed by atoms with van der Waals surface area (Å²) in [7, 11) is 0. The third kappa shape index (κ3) is 2.30. The number of anilines is 1. The molecule has 0 radical (unpaired) electrons. The molecule has 0 atom stereocenters. The molecule has 0 spiro atoms. The lowest BCUT2D eigenvalue weighted by Gasteiger charge is -1.93. The van der Waals surface area contributed by atoms with Crippen LogP contribution < -0.4 is 5.32 Å². The van der Waals surface area contributed by atoms with Gasteiger partial charge in [0.2, 0.25) is 5.91 Å². The van der Waals surface area contributed by atoms with E-state index in [-0.39, 0.29) is 17.8 Å². The van der Waals surface area contributed by atoms with Crippen LogP contribution in [0.4, 0.5) is 6.01 Å². The van der Waals surface area contributed by atoms with Crippen molar-refractivity contribution in [1.29, 1.82) is 0 Å². The number of furan rings is 1. The number of aromatic nitrogens is 2. The fourth-order valence-electron chi connectivity index (χ4n) is 1.01. The number of amides is 1. The van der Waals surface area contributed by atoms with Crippen molar-refractivity contribution in [2.75, 3.05) is 5.32 Å². The molecule has 0 saturated heterocycles. The molecule has 7 heteroatoms. The van der Waals surface area contributed by atoms with E-state index in [0.29, 0.717) is 16.9 Å². The predicted octanol–water partition coefficient (Wildman–Crippen LogP) is 2.44. The second-order valence-corrected chi connectivity index (χ2v) is 3.70. The van der Waals surface area contributed by atoms with Gasteiger partial charge in [0.15, 0.2) is 10.4 Å². The van der Waals surface area contributed by atoms with Crippen LogP contribution in [0.15, 0.2) is 25.6 Å². The van der Waals surface area contributed by atoms with Gasteiger partial charge in [-0.1, -0.05) is 12.0 Å². The van der Waals surface area contributed by atoms with E-state index in [1.165, 1.54) is 0 Å². The maximum Gasteiger partial charge on any atom is 0.322 e. The normalized spacial score (nSPS) is 10.4. The first-order chi connectivity index (χ1) is 7.69. The maximum absolute atomic E-state index is 11.1. The number of hydrogen-bond acceptors (Lipinski definition) is 5. The summed E-state index contributed by atoms with van der Waals surface area (Å²) < 4.78 is 11.0. The third-order valence-corrected chi connectivity index (χ3v) is 2.20. The fraction of sp³-hybridized carbons (Fsp3) is 0.222. The SMILES string of the molecule is CCC(=O)Nc1nnc(-c2ccc(Br)o2)o1. The molecule has 0 aliphatic rings. The molecule has 2 rings (SSSR count). The van der Waals surface area contributed by atoms with Gasteiger partial charge in [-0.25, -0.2) is 0 Å². The van der Waals surface area contributed by atoms with Crippen molar-refractivity contribution in [3.05, 3.63) is 16.8 Å². The predicted molar refractivity (Wildman–Crippen MR) is 58.6 cm³/mol. The van der Waals surface area contributed by atoms with Gasteiger partial charge in [0.25, 0.3) is 5.89 Å². The summed E-state index contributed by atoms with van der Waals surface area (Å²) in [5.74, 6) is 0.476. The molecule has 0 bridgehead atoms. The average Bonchev–Trinajstić information content (AvgIpc) is 2.87. The molecule has 0 aliphatic carbocycles. The summed E-state index contributed by atoms with van der Waals surface area (Å²) in [5.41, 5.74) is 0. The summed E-state index contributed by atoms with van der Waals surface area (Å²) in [6.45, 7) is 1.73. The Balaban J connectivity index is 2.16. The van der Waals surface area contributed by atoms with E-state index in [0.717, 1.165) is 0 Å². The van der Waals surface area contributed by atoms with Crippen molar-refractivity contribution in [1.82, 2.24) is 10.2 Å². The molecule has 1 amide bonds. The largest absolute Gasteiger partial charge is 0.444 e. The lowest BCUT2D eigenvalue weighted by Crippen LogP contribution is -2.09. The topological polar surface area (TPSA) is 81.2 Å². The summed E-state index contributed by atoms with van der Waals surface area (Å²) in [4.78, 5) is 11.1. The van der Waals surface area contributed by atoms with E-state index in [1.807, 2.05) is 0 Å². The van der Waals surface area contributed by atoms with Gasteiger partial charge >= 0.3 is 6.01 Å². The number of nitrogens with one attached hydrogen (secondary N) is 1. The second-order valence-electron chi connectivity index (χ2n) is 2.92. The summed E-state index contributed by atoms with van der Waals surface area (Å²) in [6, 6.07) is 3.46. The van der Waals surface area contributed by atoms with Gasteiger partial charge in [-0.2, -0.15) is 0 Å². The van der Waals surface area contributed by atoms with Crippen LogP contribution in [-0.2, 0) is 4.79 Å². The Labute approximate surface area is 99.2 Å². The second kappa shape index (κ2) is 4.48. The van der Waals surface area contributed by atoms with Crippen molar-refractivity contribution in [2.45, 2.75) is 13.3 Å². The minimum Gasteiger partial charge on any atom is -0.444 e. The van der Waals surface area contributed by atoms with Crippen molar-refractivity contribution in [3.8, 4) is 11.7 Å². The molecule has 0 fully saturated rings. The minimum atomic E-state index is -0.184. The Morgan fingerprint density at radius 2 is 2.25 bits per heavy atom.